The number of aromatic nitrogens is 4. The van der Waals surface area contributed by atoms with Crippen LogP contribution in [0.15, 0.2) is 18.2 Å². The first-order valence-electron chi connectivity index (χ1n) is 13.1. The molecule has 5 rings (SSSR count). The Kier molecular flexibility index (Phi) is 7.65. The highest BCUT2D eigenvalue weighted by Gasteiger charge is 2.37. The van der Waals surface area contributed by atoms with Crippen LogP contribution in [0.5, 0.6) is 0 Å². The lowest BCUT2D eigenvalue weighted by molar-refractivity contribution is 0.0820. The Morgan fingerprint density at radius 3 is 2.57 bits per heavy atom. The molecule has 2 aliphatic heterocycles. The van der Waals surface area contributed by atoms with Gasteiger partial charge < -0.3 is 14.2 Å². The van der Waals surface area contributed by atoms with Crippen molar-refractivity contribution < 1.29 is 9.13 Å². The molecule has 2 fully saturated rings. The van der Waals surface area contributed by atoms with Gasteiger partial charge in [0.15, 0.2) is 17.0 Å². The van der Waals surface area contributed by atoms with E-state index in [0.29, 0.717) is 6.54 Å². The van der Waals surface area contributed by atoms with Gasteiger partial charge in [-0.3, -0.25) is 4.90 Å². The summed E-state index contributed by atoms with van der Waals surface area (Å²) in [7, 11) is 0. The van der Waals surface area contributed by atoms with Crippen molar-refractivity contribution in [2.75, 3.05) is 24.6 Å². The predicted molar refractivity (Wildman–Crippen MR) is 146 cm³/mol. The number of aryl methyl sites for hydroxylation is 1. The molecule has 10 heteroatoms. The number of fused-ring (bicyclic) bond motifs is 1. The summed E-state index contributed by atoms with van der Waals surface area (Å²) >= 11 is 12.5. The number of hydrogen-bond acceptors (Lipinski definition) is 6. The zero-order valence-electron chi connectivity index (χ0n) is 22.1. The molecular formula is C27H35Cl2FN6O. The van der Waals surface area contributed by atoms with Crippen LogP contribution >= 0.6 is 23.2 Å². The summed E-state index contributed by atoms with van der Waals surface area (Å²) in [6, 6.07) is 5.55. The highest BCUT2D eigenvalue weighted by Crippen LogP contribution is 2.37. The van der Waals surface area contributed by atoms with Crippen molar-refractivity contribution in [2.45, 2.75) is 78.2 Å². The number of piperazine rings is 1. The minimum Gasteiger partial charge on any atom is -0.376 e. The molecule has 3 aromatic rings. The quantitative estimate of drug-likeness (QED) is 0.349. The van der Waals surface area contributed by atoms with Crippen molar-refractivity contribution in [3.05, 3.63) is 45.7 Å². The molecule has 0 amide bonds. The lowest BCUT2D eigenvalue weighted by Crippen LogP contribution is -2.58. The number of hydrogen-bond donors (Lipinski definition) is 0. The Morgan fingerprint density at radius 2 is 1.89 bits per heavy atom. The summed E-state index contributed by atoms with van der Waals surface area (Å²) in [5.74, 6) is 1.56. The smallest absolute Gasteiger partial charge is 0.226 e. The average molecular weight is 550 g/mol. The number of imidazole rings is 1. The Labute approximate surface area is 227 Å². The molecule has 0 spiro atoms. The van der Waals surface area contributed by atoms with E-state index in [-0.39, 0.29) is 46.3 Å². The van der Waals surface area contributed by atoms with Crippen LogP contribution in [0.25, 0.3) is 11.2 Å². The highest BCUT2D eigenvalue weighted by atomic mass is 35.5. The van der Waals surface area contributed by atoms with E-state index in [2.05, 4.69) is 52.0 Å². The van der Waals surface area contributed by atoms with Gasteiger partial charge in [0, 0.05) is 37.8 Å². The first-order valence-corrected chi connectivity index (χ1v) is 13.9. The topological polar surface area (TPSA) is 59.3 Å². The molecule has 0 saturated carbocycles. The lowest BCUT2D eigenvalue weighted by Gasteiger charge is -2.49. The van der Waals surface area contributed by atoms with E-state index in [1.54, 1.807) is 12.1 Å². The van der Waals surface area contributed by atoms with E-state index in [9.17, 15) is 4.39 Å². The zero-order chi connectivity index (χ0) is 26.4. The Bertz CT molecular complexity index is 1280. The first kappa shape index (κ1) is 26.6. The Morgan fingerprint density at radius 1 is 1.11 bits per heavy atom. The third-order valence-corrected chi connectivity index (χ3v) is 8.21. The van der Waals surface area contributed by atoms with E-state index in [4.69, 9.17) is 32.9 Å². The van der Waals surface area contributed by atoms with E-state index in [1.165, 1.54) is 0 Å². The van der Waals surface area contributed by atoms with Crippen molar-refractivity contribution in [1.82, 2.24) is 24.4 Å². The van der Waals surface area contributed by atoms with Crippen LogP contribution in [0.1, 0.15) is 58.0 Å². The van der Waals surface area contributed by atoms with Gasteiger partial charge >= 0.3 is 0 Å². The van der Waals surface area contributed by atoms with Gasteiger partial charge in [0.05, 0.1) is 17.7 Å². The maximum Gasteiger partial charge on any atom is 0.226 e. The summed E-state index contributed by atoms with van der Waals surface area (Å²) in [6.45, 7) is 13.8. The van der Waals surface area contributed by atoms with Gasteiger partial charge in [0.1, 0.15) is 11.6 Å². The van der Waals surface area contributed by atoms with Crippen LogP contribution in [-0.2, 0) is 11.3 Å². The fourth-order valence-electron chi connectivity index (χ4n) is 5.97. The monoisotopic (exact) mass is 548 g/mol. The van der Waals surface area contributed by atoms with Gasteiger partial charge in [-0.25, -0.2) is 9.37 Å². The fraction of sp³-hybridized carbons (Fsp3) is 0.593. The number of nitrogens with zero attached hydrogens (tertiary/aromatic N) is 6. The summed E-state index contributed by atoms with van der Waals surface area (Å²) in [6.07, 6.45) is 2.29. The third kappa shape index (κ3) is 5.18. The third-order valence-electron chi connectivity index (χ3n) is 7.73. The number of ether oxygens (including phenoxy) is 1. The summed E-state index contributed by atoms with van der Waals surface area (Å²) in [5.41, 5.74) is 2.47. The molecule has 1 unspecified atom stereocenters. The van der Waals surface area contributed by atoms with Crippen LogP contribution in [0.4, 0.5) is 10.2 Å². The molecule has 4 heterocycles. The molecule has 7 nitrogen and oxygen atoms in total. The van der Waals surface area contributed by atoms with Gasteiger partial charge in [0.2, 0.25) is 5.28 Å². The molecular weight excluding hydrogens is 514 g/mol. The molecule has 2 aromatic heterocycles. The van der Waals surface area contributed by atoms with Crippen LogP contribution in [0.2, 0.25) is 10.3 Å². The first-order chi connectivity index (χ1) is 17.6. The number of halogens is 3. The van der Waals surface area contributed by atoms with Crippen molar-refractivity contribution in [3.63, 3.8) is 0 Å². The maximum absolute atomic E-state index is 14.4. The van der Waals surface area contributed by atoms with Gasteiger partial charge in [-0.1, -0.05) is 31.5 Å². The van der Waals surface area contributed by atoms with E-state index in [0.717, 1.165) is 60.9 Å². The van der Waals surface area contributed by atoms with Crippen molar-refractivity contribution in [2.24, 2.45) is 5.92 Å². The van der Waals surface area contributed by atoms with Crippen molar-refractivity contribution in [1.29, 1.82) is 0 Å². The van der Waals surface area contributed by atoms with E-state index in [1.807, 2.05) is 13.0 Å². The molecule has 1 aromatic carbocycles. The SMILES string of the molecule is Cc1nc2c(N3C[C@@H](C)N(C(c4ccc(Cl)c(F)c4)C(C)C)C[C@@H]3C)nc(Cl)nc2n1C[C@@H]1CCCO1. The van der Waals surface area contributed by atoms with E-state index >= 15 is 0 Å². The zero-order valence-corrected chi connectivity index (χ0v) is 23.6. The van der Waals surface area contributed by atoms with Gasteiger partial charge in [-0.2, -0.15) is 9.97 Å². The number of rotatable bonds is 6. The molecule has 0 bridgehead atoms. The van der Waals surface area contributed by atoms with Crippen LogP contribution in [0, 0.1) is 18.7 Å². The minimum atomic E-state index is -0.379. The lowest BCUT2D eigenvalue weighted by atomic mass is 9.91. The van der Waals surface area contributed by atoms with Crippen molar-refractivity contribution in [3.8, 4) is 0 Å². The van der Waals surface area contributed by atoms with E-state index < -0.39 is 0 Å². The standard InChI is InChI=1S/C27H35Cl2FN6O/c1-15(2)24(19-8-9-21(28)22(30)11-19)34-12-17(4)35(13-16(34)3)25-23-26(33-27(29)32-25)36(18(5)31-23)14-20-7-6-10-37-20/h8-9,11,15-17,20,24H,6-7,10,12-14H2,1-5H3/t16-,17+,20+,24?/m1/s1. The predicted octanol–water partition coefficient (Wildman–Crippen LogP) is 6.06. The van der Waals surface area contributed by atoms with Crippen molar-refractivity contribution >= 4 is 40.2 Å². The summed E-state index contributed by atoms with van der Waals surface area (Å²) in [4.78, 5) is 18.9. The summed E-state index contributed by atoms with van der Waals surface area (Å²) in [5, 5.41) is 0.367. The minimum absolute atomic E-state index is 0.0632. The van der Waals surface area contributed by atoms with Gasteiger partial charge in [-0.15, -0.1) is 0 Å². The second-order valence-corrected chi connectivity index (χ2v) is 11.5. The van der Waals surface area contributed by atoms with Crippen LogP contribution in [0.3, 0.4) is 0 Å². The molecule has 200 valence electrons. The van der Waals surface area contributed by atoms with Gasteiger partial charge in [-0.05, 0) is 68.8 Å². The Hall–Kier alpha value is -2.00. The number of benzene rings is 1. The molecule has 2 aliphatic rings. The molecule has 37 heavy (non-hydrogen) atoms. The maximum atomic E-state index is 14.4. The molecule has 4 atom stereocenters. The highest BCUT2D eigenvalue weighted by molar-refractivity contribution is 6.30. The summed E-state index contributed by atoms with van der Waals surface area (Å²) < 4.78 is 22.4. The van der Waals surface area contributed by atoms with Crippen LogP contribution in [-0.4, -0.2) is 62.3 Å². The number of anilines is 1. The van der Waals surface area contributed by atoms with Gasteiger partial charge in [0.25, 0.3) is 0 Å². The normalized spacial score (nSPS) is 23.9. The van der Waals surface area contributed by atoms with Crippen LogP contribution < -0.4 is 4.90 Å². The molecule has 0 aliphatic carbocycles. The fourth-order valence-corrected chi connectivity index (χ4v) is 6.25. The average Bonchev–Trinajstić information content (AvgIpc) is 3.46. The molecule has 0 radical (unpaired) electrons. The second kappa shape index (κ2) is 10.6. The molecule has 0 N–H and O–H groups in total. The Balaban J connectivity index is 1.46. The molecule has 2 saturated heterocycles. The second-order valence-electron chi connectivity index (χ2n) is 10.8. The largest absolute Gasteiger partial charge is 0.376 e.